The molecule has 0 spiro atoms. The van der Waals surface area contributed by atoms with Gasteiger partial charge in [-0.15, -0.1) is 6.58 Å². The highest BCUT2D eigenvalue weighted by atomic mass is 19.2. The second-order valence-electron chi connectivity index (χ2n) is 9.84. The Kier molecular flexibility index (Phi) is 7.61. The van der Waals surface area contributed by atoms with Crippen molar-refractivity contribution in [3.8, 4) is 11.1 Å². The number of hydrogen-bond acceptors (Lipinski definition) is 0. The average Bonchev–Trinajstić information content (AvgIpc) is 2.82. The summed E-state index contributed by atoms with van der Waals surface area (Å²) < 4.78 is 60.6. The van der Waals surface area contributed by atoms with Gasteiger partial charge in [-0.05, 0) is 66.2 Å². The van der Waals surface area contributed by atoms with Gasteiger partial charge in [-0.25, -0.2) is 17.6 Å². The number of halogens is 4. The van der Waals surface area contributed by atoms with Crippen LogP contribution in [0.2, 0.25) is 0 Å². The smallest absolute Gasteiger partial charge is 0.164 e. The molecule has 0 saturated heterocycles. The Morgan fingerprint density at radius 3 is 1.76 bits per heavy atom. The van der Waals surface area contributed by atoms with E-state index < -0.39 is 24.0 Å². The molecule has 4 heteroatoms. The standard InChI is InChI=1S/C29H34F4/c1-3-5-7-18-8-10-19(11-9-18)12-13-21-15-17-23-22-16-14-20(6-4-2)26(30)24(22)28(32)29(33)25(23)27(21)31/h3,14-19,28-29H,1,4-13H2,2H3. The van der Waals surface area contributed by atoms with Crippen LogP contribution in [0.15, 0.2) is 36.9 Å². The van der Waals surface area contributed by atoms with E-state index in [0.717, 1.165) is 31.6 Å². The van der Waals surface area contributed by atoms with Gasteiger partial charge < -0.3 is 0 Å². The first kappa shape index (κ1) is 24.0. The number of benzene rings is 2. The summed E-state index contributed by atoms with van der Waals surface area (Å²) in [7, 11) is 0. The van der Waals surface area contributed by atoms with Gasteiger partial charge in [-0.1, -0.05) is 69.4 Å². The van der Waals surface area contributed by atoms with Gasteiger partial charge >= 0.3 is 0 Å². The highest BCUT2D eigenvalue weighted by molar-refractivity contribution is 5.76. The molecule has 2 aromatic rings. The van der Waals surface area contributed by atoms with Gasteiger partial charge in [0.25, 0.3) is 0 Å². The largest absolute Gasteiger partial charge is 0.239 e. The van der Waals surface area contributed by atoms with Crippen molar-refractivity contribution in [2.24, 2.45) is 11.8 Å². The maximum atomic E-state index is 15.4. The molecule has 2 unspecified atom stereocenters. The van der Waals surface area contributed by atoms with Crippen LogP contribution in [0.4, 0.5) is 17.6 Å². The molecule has 0 aromatic heterocycles. The Balaban J connectivity index is 1.53. The fourth-order valence-corrected chi connectivity index (χ4v) is 5.76. The van der Waals surface area contributed by atoms with E-state index in [-0.39, 0.29) is 22.3 Å². The van der Waals surface area contributed by atoms with Crippen molar-refractivity contribution >= 4 is 0 Å². The summed E-state index contributed by atoms with van der Waals surface area (Å²) in [5, 5.41) is 0. The lowest BCUT2D eigenvalue weighted by Crippen LogP contribution is -2.18. The molecule has 2 aromatic carbocycles. The van der Waals surface area contributed by atoms with Gasteiger partial charge in [-0.3, -0.25) is 0 Å². The van der Waals surface area contributed by atoms with Gasteiger partial charge in [0.1, 0.15) is 11.6 Å². The minimum absolute atomic E-state index is 0.247. The maximum Gasteiger partial charge on any atom is 0.164 e. The fraction of sp³-hybridized carbons (Fsp3) is 0.517. The molecule has 33 heavy (non-hydrogen) atoms. The number of hydrogen-bond donors (Lipinski definition) is 0. The highest BCUT2D eigenvalue weighted by Crippen LogP contribution is 2.51. The van der Waals surface area contributed by atoms with Crippen LogP contribution >= 0.6 is 0 Å². The molecule has 0 amide bonds. The van der Waals surface area contributed by atoms with E-state index in [0.29, 0.717) is 36.3 Å². The molecular weight excluding hydrogens is 424 g/mol. The Morgan fingerprint density at radius 1 is 0.788 bits per heavy atom. The molecule has 0 nitrogen and oxygen atoms in total. The van der Waals surface area contributed by atoms with Crippen molar-refractivity contribution < 1.29 is 17.6 Å². The molecule has 1 fully saturated rings. The van der Waals surface area contributed by atoms with Gasteiger partial charge in [0, 0.05) is 11.1 Å². The average molecular weight is 459 g/mol. The fourth-order valence-electron chi connectivity index (χ4n) is 5.76. The molecule has 0 radical (unpaired) electrons. The first-order valence-corrected chi connectivity index (χ1v) is 12.5. The van der Waals surface area contributed by atoms with Crippen molar-refractivity contribution in [2.75, 3.05) is 0 Å². The lowest BCUT2D eigenvalue weighted by Gasteiger charge is -2.30. The van der Waals surface area contributed by atoms with Crippen LogP contribution in [0.1, 0.15) is 92.9 Å². The summed E-state index contributed by atoms with van der Waals surface area (Å²) >= 11 is 0. The molecular formula is C29H34F4. The molecule has 2 aliphatic carbocycles. The van der Waals surface area contributed by atoms with Gasteiger partial charge in [0.05, 0.1) is 0 Å². The van der Waals surface area contributed by atoms with Crippen LogP contribution in [0.5, 0.6) is 0 Å². The molecule has 0 N–H and O–H groups in total. The molecule has 178 valence electrons. The van der Waals surface area contributed by atoms with Gasteiger partial charge in [0.2, 0.25) is 0 Å². The molecule has 2 aliphatic rings. The zero-order valence-corrected chi connectivity index (χ0v) is 19.5. The predicted octanol–water partition coefficient (Wildman–Crippen LogP) is 9.32. The lowest BCUT2D eigenvalue weighted by molar-refractivity contribution is 0.160. The Bertz CT molecular complexity index is 988. The quantitative estimate of drug-likeness (QED) is 0.273. The molecule has 0 bridgehead atoms. The first-order chi connectivity index (χ1) is 16.0. The number of alkyl halides is 2. The number of fused-ring (bicyclic) bond motifs is 3. The van der Waals surface area contributed by atoms with E-state index in [9.17, 15) is 4.39 Å². The summed E-state index contributed by atoms with van der Waals surface area (Å²) in [6.07, 6.45) is 7.04. The van der Waals surface area contributed by atoms with Crippen molar-refractivity contribution in [3.05, 3.63) is 70.8 Å². The SMILES string of the molecule is C=CCCC1CCC(CCc2ccc3c(c2F)C(F)C(F)c2c-3ccc(CCC)c2F)CC1. The second-order valence-corrected chi connectivity index (χ2v) is 9.84. The molecule has 0 heterocycles. The van der Waals surface area contributed by atoms with Crippen molar-refractivity contribution in [3.63, 3.8) is 0 Å². The normalized spacial score (nSPS) is 24.3. The van der Waals surface area contributed by atoms with E-state index in [1.807, 2.05) is 13.0 Å². The van der Waals surface area contributed by atoms with Gasteiger partial charge in [0.15, 0.2) is 12.3 Å². The highest BCUT2D eigenvalue weighted by Gasteiger charge is 2.39. The lowest BCUT2D eigenvalue weighted by atomic mass is 9.77. The van der Waals surface area contributed by atoms with Crippen LogP contribution < -0.4 is 0 Å². The Hall–Kier alpha value is -2.10. The molecule has 1 saturated carbocycles. The minimum atomic E-state index is -2.20. The van der Waals surface area contributed by atoms with E-state index in [2.05, 4.69) is 6.58 Å². The number of rotatable bonds is 8. The predicted molar refractivity (Wildman–Crippen MR) is 127 cm³/mol. The van der Waals surface area contributed by atoms with Gasteiger partial charge in [-0.2, -0.15) is 0 Å². The summed E-state index contributed by atoms with van der Waals surface area (Å²) in [5.41, 5.74) is 0.851. The third-order valence-corrected chi connectivity index (χ3v) is 7.70. The van der Waals surface area contributed by atoms with Crippen LogP contribution in [0.25, 0.3) is 11.1 Å². The minimum Gasteiger partial charge on any atom is -0.239 e. The Morgan fingerprint density at radius 2 is 1.27 bits per heavy atom. The first-order valence-electron chi connectivity index (χ1n) is 12.5. The van der Waals surface area contributed by atoms with Crippen LogP contribution in [-0.4, -0.2) is 0 Å². The topological polar surface area (TPSA) is 0 Å². The Labute approximate surface area is 195 Å². The van der Waals surface area contributed by atoms with E-state index in [1.165, 1.54) is 19.3 Å². The van der Waals surface area contributed by atoms with Crippen molar-refractivity contribution in [2.45, 2.75) is 83.5 Å². The zero-order chi connectivity index (χ0) is 23.5. The zero-order valence-electron chi connectivity index (χ0n) is 19.5. The summed E-state index contributed by atoms with van der Waals surface area (Å²) in [5.74, 6) is -0.0523. The van der Waals surface area contributed by atoms with E-state index in [1.54, 1.807) is 24.3 Å². The third kappa shape index (κ3) is 4.76. The molecule has 2 atom stereocenters. The third-order valence-electron chi connectivity index (χ3n) is 7.70. The van der Waals surface area contributed by atoms with E-state index in [4.69, 9.17) is 0 Å². The van der Waals surface area contributed by atoms with Crippen molar-refractivity contribution in [1.82, 2.24) is 0 Å². The second kappa shape index (κ2) is 10.4. The monoisotopic (exact) mass is 458 g/mol. The van der Waals surface area contributed by atoms with Crippen molar-refractivity contribution in [1.29, 1.82) is 0 Å². The van der Waals surface area contributed by atoms with E-state index >= 15 is 13.2 Å². The summed E-state index contributed by atoms with van der Waals surface area (Å²) in [6, 6.07) is 6.56. The summed E-state index contributed by atoms with van der Waals surface area (Å²) in [4.78, 5) is 0. The number of aryl methyl sites for hydroxylation is 2. The summed E-state index contributed by atoms with van der Waals surface area (Å²) in [6.45, 7) is 5.70. The van der Waals surface area contributed by atoms with Crippen LogP contribution in [0, 0.1) is 23.5 Å². The number of allylic oxidation sites excluding steroid dienone is 1. The van der Waals surface area contributed by atoms with Crippen LogP contribution in [0.3, 0.4) is 0 Å². The molecule has 4 rings (SSSR count). The maximum absolute atomic E-state index is 15.4. The van der Waals surface area contributed by atoms with Crippen LogP contribution in [-0.2, 0) is 12.8 Å². The molecule has 0 aliphatic heterocycles.